The van der Waals surface area contributed by atoms with Crippen molar-refractivity contribution in [3.05, 3.63) is 23.5 Å². The second kappa shape index (κ2) is 4.48. The first-order valence-corrected chi connectivity index (χ1v) is 5.98. The van der Waals surface area contributed by atoms with Crippen molar-refractivity contribution in [1.29, 1.82) is 0 Å². The quantitative estimate of drug-likeness (QED) is 0.792. The summed E-state index contributed by atoms with van der Waals surface area (Å²) >= 11 is 0. The first-order valence-electron chi connectivity index (χ1n) is 5.98. The van der Waals surface area contributed by atoms with Gasteiger partial charge in [-0.2, -0.15) is 0 Å². The summed E-state index contributed by atoms with van der Waals surface area (Å²) in [6, 6.07) is 2.73. The summed E-state index contributed by atoms with van der Waals surface area (Å²) in [5, 5.41) is 9.19. The summed E-state index contributed by atoms with van der Waals surface area (Å²) in [5.41, 5.74) is 5.64. The average Bonchev–Trinajstić information content (AvgIpc) is 2.62. The molecule has 1 aliphatic heterocycles. The highest BCUT2D eigenvalue weighted by atomic mass is 19.1. The number of nitrogens with zero attached hydrogens (tertiary/aromatic N) is 1. The maximum absolute atomic E-state index is 13.4. The second-order valence-electron chi connectivity index (χ2n) is 5.02. The topological polar surface area (TPSA) is 66.6 Å². The highest BCUT2D eigenvalue weighted by Gasteiger charge is 2.30. The molecule has 2 atom stereocenters. The maximum atomic E-state index is 13.4. The molecule has 1 aromatic rings. The van der Waals surface area contributed by atoms with Crippen LogP contribution in [0.1, 0.15) is 24.2 Å². The Morgan fingerprint density at radius 1 is 1.39 bits per heavy atom. The average molecular weight is 252 g/mol. The number of hydrogen-bond donors (Lipinski definition) is 2. The highest BCUT2D eigenvalue weighted by molar-refractivity contribution is 6.00. The van der Waals surface area contributed by atoms with Crippen LogP contribution in [0.4, 0.5) is 15.8 Å². The van der Waals surface area contributed by atoms with Crippen LogP contribution in [0, 0.1) is 17.7 Å². The van der Waals surface area contributed by atoms with Gasteiger partial charge in [-0.25, -0.2) is 9.18 Å². The van der Waals surface area contributed by atoms with Gasteiger partial charge in [-0.05, 0) is 24.0 Å². The molecule has 1 saturated heterocycles. The Morgan fingerprint density at radius 2 is 1.94 bits per heavy atom. The third-order valence-corrected chi connectivity index (χ3v) is 3.71. The molecule has 0 amide bonds. The standard InChI is InChI=1S/C13H17FN2O2/c1-7-5-16(6-8(7)2)10-4-3-9(14)12(15)11(10)13(17)18/h3-4,7-8H,5-6,15H2,1-2H3,(H,17,18). The molecular formula is C13H17FN2O2. The summed E-state index contributed by atoms with van der Waals surface area (Å²) in [5.74, 6) is -0.901. The predicted octanol–water partition coefficient (Wildman–Crippen LogP) is 2.20. The molecule has 18 heavy (non-hydrogen) atoms. The van der Waals surface area contributed by atoms with E-state index in [-0.39, 0.29) is 11.3 Å². The molecule has 3 N–H and O–H groups in total. The number of carboxylic acid groups (broad SMARTS) is 1. The number of hydrogen-bond acceptors (Lipinski definition) is 3. The number of rotatable bonds is 2. The van der Waals surface area contributed by atoms with Crippen LogP contribution in [0.15, 0.2) is 12.1 Å². The molecule has 5 heteroatoms. The Hall–Kier alpha value is -1.78. The van der Waals surface area contributed by atoms with E-state index >= 15 is 0 Å². The summed E-state index contributed by atoms with van der Waals surface area (Å²) < 4.78 is 13.4. The summed E-state index contributed by atoms with van der Waals surface area (Å²) in [6.45, 7) is 5.79. The molecule has 1 heterocycles. The number of nitrogen functional groups attached to an aromatic ring is 1. The minimum Gasteiger partial charge on any atom is -0.478 e. The molecule has 2 unspecified atom stereocenters. The van der Waals surface area contributed by atoms with Gasteiger partial charge in [-0.15, -0.1) is 0 Å². The molecule has 0 aromatic heterocycles. The molecule has 1 aliphatic rings. The van der Waals surface area contributed by atoms with Crippen molar-refractivity contribution in [2.24, 2.45) is 11.8 Å². The van der Waals surface area contributed by atoms with Crippen LogP contribution in [0.25, 0.3) is 0 Å². The van der Waals surface area contributed by atoms with Crippen molar-refractivity contribution in [2.45, 2.75) is 13.8 Å². The normalized spacial score (nSPS) is 23.4. The number of aromatic carboxylic acids is 1. The monoisotopic (exact) mass is 252 g/mol. The second-order valence-corrected chi connectivity index (χ2v) is 5.02. The van der Waals surface area contributed by atoms with Gasteiger partial charge in [0.05, 0.1) is 11.4 Å². The van der Waals surface area contributed by atoms with Gasteiger partial charge in [-0.3, -0.25) is 0 Å². The van der Waals surface area contributed by atoms with E-state index in [9.17, 15) is 14.3 Å². The number of halogens is 1. The van der Waals surface area contributed by atoms with Crippen LogP contribution >= 0.6 is 0 Å². The SMILES string of the molecule is CC1CN(c2ccc(F)c(N)c2C(=O)O)CC1C. The third kappa shape index (κ3) is 2.00. The molecule has 0 bridgehead atoms. The number of carbonyl (C=O) groups is 1. The minimum absolute atomic E-state index is 0.128. The Balaban J connectivity index is 2.45. The van der Waals surface area contributed by atoms with Gasteiger partial charge in [0.1, 0.15) is 11.4 Å². The fraction of sp³-hybridized carbons (Fsp3) is 0.462. The third-order valence-electron chi connectivity index (χ3n) is 3.71. The highest BCUT2D eigenvalue weighted by Crippen LogP contribution is 2.33. The number of nitrogens with two attached hydrogens (primary N) is 1. The van der Waals surface area contributed by atoms with E-state index in [2.05, 4.69) is 13.8 Å². The Bertz CT molecular complexity index is 480. The zero-order chi connectivity index (χ0) is 13.4. The molecule has 0 radical (unpaired) electrons. The summed E-state index contributed by atoms with van der Waals surface area (Å²) in [7, 11) is 0. The molecular weight excluding hydrogens is 235 g/mol. The van der Waals surface area contributed by atoms with E-state index in [1.54, 1.807) is 0 Å². The fourth-order valence-corrected chi connectivity index (χ4v) is 2.40. The molecule has 4 nitrogen and oxygen atoms in total. The lowest BCUT2D eigenvalue weighted by atomic mass is 10.0. The number of benzene rings is 1. The summed E-state index contributed by atoms with van der Waals surface area (Å²) in [4.78, 5) is 13.2. The van der Waals surface area contributed by atoms with Crippen LogP contribution in [-0.4, -0.2) is 24.2 Å². The molecule has 1 fully saturated rings. The fourth-order valence-electron chi connectivity index (χ4n) is 2.40. The molecule has 0 spiro atoms. The molecule has 98 valence electrons. The zero-order valence-corrected chi connectivity index (χ0v) is 10.5. The number of carboxylic acids is 1. The van der Waals surface area contributed by atoms with Crippen molar-refractivity contribution in [1.82, 2.24) is 0 Å². The Morgan fingerprint density at radius 3 is 2.44 bits per heavy atom. The van der Waals surface area contributed by atoms with Gasteiger partial charge in [-0.1, -0.05) is 13.8 Å². The Kier molecular flexibility index (Phi) is 3.15. The van der Waals surface area contributed by atoms with Crippen molar-refractivity contribution in [3.8, 4) is 0 Å². The van der Waals surface area contributed by atoms with Gasteiger partial charge in [0.2, 0.25) is 0 Å². The van der Waals surface area contributed by atoms with E-state index in [4.69, 9.17) is 5.73 Å². The van der Waals surface area contributed by atoms with Crippen LogP contribution in [0.5, 0.6) is 0 Å². The molecule has 0 saturated carbocycles. The predicted molar refractivity (Wildman–Crippen MR) is 68.3 cm³/mol. The van der Waals surface area contributed by atoms with Crippen molar-refractivity contribution in [3.63, 3.8) is 0 Å². The van der Waals surface area contributed by atoms with Gasteiger partial charge < -0.3 is 15.7 Å². The van der Waals surface area contributed by atoms with Crippen molar-refractivity contribution < 1.29 is 14.3 Å². The lowest BCUT2D eigenvalue weighted by Crippen LogP contribution is -2.23. The van der Waals surface area contributed by atoms with E-state index in [1.807, 2.05) is 4.90 Å². The minimum atomic E-state index is -1.19. The van der Waals surface area contributed by atoms with E-state index in [0.29, 0.717) is 17.5 Å². The smallest absolute Gasteiger partial charge is 0.340 e. The van der Waals surface area contributed by atoms with E-state index in [0.717, 1.165) is 13.1 Å². The van der Waals surface area contributed by atoms with Gasteiger partial charge in [0.25, 0.3) is 0 Å². The maximum Gasteiger partial charge on any atom is 0.340 e. The molecule has 1 aromatic carbocycles. The van der Waals surface area contributed by atoms with Crippen LogP contribution in [0.3, 0.4) is 0 Å². The first kappa shape index (κ1) is 12.7. The summed E-state index contributed by atoms with van der Waals surface area (Å²) in [6.07, 6.45) is 0. The van der Waals surface area contributed by atoms with E-state index in [1.165, 1.54) is 12.1 Å². The van der Waals surface area contributed by atoms with Gasteiger partial charge in [0.15, 0.2) is 0 Å². The van der Waals surface area contributed by atoms with Crippen LogP contribution < -0.4 is 10.6 Å². The molecule has 2 rings (SSSR count). The van der Waals surface area contributed by atoms with E-state index < -0.39 is 11.8 Å². The largest absolute Gasteiger partial charge is 0.478 e. The Labute approximate surface area is 105 Å². The molecule has 0 aliphatic carbocycles. The lowest BCUT2D eigenvalue weighted by Gasteiger charge is -2.21. The van der Waals surface area contributed by atoms with Crippen LogP contribution in [-0.2, 0) is 0 Å². The lowest BCUT2D eigenvalue weighted by molar-refractivity contribution is 0.0698. The first-order chi connectivity index (χ1) is 8.41. The van der Waals surface area contributed by atoms with Crippen molar-refractivity contribution >= 4 is 17.3 Å². The zero-order valence-electron chi connectivity index (χ0n) is 10.5. The van der Waals surface area contributed by atoms with Gasteiger partial charge in [0, 0.05) is 13.1 Å². The number of anilines is 2. The van der Waals surface area contributed by atoms with Gasteiger partial charge >= 0.3 is 5.97 Å². The van der Waals surface area contributed by atoms with Crippen molar-refractivity contribution in [2.75, 3.05) is 23.7 Å². The van der Waals surface area contributed by atoms with Crippen LogP contribution in [0.2, 0.25) is 0 Å².